The van der Waals surface area contributed by atoms with Gasteiger partial charge in [-0.05, 0) is 41.5 Å². The van der Waals surface area contributed by atoms with E-state index in [1.165, 1.54) is 6.33 Å². The highest BCUT2D eigenvalue weighted by molar-refractivity contribution is 5.95. The van der Waals surface area contributed by atoms with E-state index in [0.717, 1.165) is 16.9 Å². The number of nitrogens with one attached hydrogen (secondary N) is 1. The molecule has 1 aliphatic carbocycles. The molecule has 21 heavy (non-hydrogen) atoms. The summed E-state index contributed by atoms with van der Waals surface area (Å²) in [6.07, 6.45) is 5.89. The molecule has 0 bridgehead atoms. The van der Waals surface area contributed by atoms with Gasteiger partial charge in [0.15, 0.2) is 0 Å². The Morgan fingerprint density at radius 3 is 2.95 bits per heavy atom. The van der Waals surface area contributed by atoms with Crippen LogP contribution in [-0.2, 0) is 4.79 Å². The fourth-order valence-corrected chi connectivity index (χ4v) is 2.31. The highest BCUT2D eigenvalue weighted by Crippen LogP contribution is 2.22. The third-order valence-electron chi connectivity index (χ3n) is 3.55. The fraction of sp³-hybridized carbons (Fsp3) is 0.286. The van der Waals surface area contributed by atoms with E-state index in [-0.39, 0.29) is 17.9 Å². The number of tetrazole rings is 1. The van der Waals surface area contributed by atoms with E-state index in [0.29, 0.717) is 6.42 Å². The lowest BCUT2D eigenvalue weighted by molar-refractivity contribution is -0.118. The summed E-state index contributed by atoms with van der Waals surface area (Å²) in [5, 5.41) is 14.0. The first kappa shape index (κ1) is 13.4. The molecular formula is C14H16N6O. The highest BCUT2D eigenvalue weighted by Gasteiger charge is 2.23. The van der Waals surface area contributed by atoms with Gasteiger partial charge in [0.25, 0.3) is 0 Å². The average Bonchev–Trinajstić information content (AvgIpc) is 3.12. The molecular weight excluding hydrogens is 268 g/mol. The predicted octanol–water partition coefficient (Wildman–Crippen LogP) is 0.813. The van der Waals surface area contributed by atoms with Crippen molar-refractivity contribution in [3.05, 3.63) is 42.2 Å². The first-order chi connectivity index (χ1) is 10.1. The molecule has 1 amide bonds. The molecule has 2 atom stereocenters. The second kappa shape index (κ2) is 5.45. The predicted molar refractivity (Wildman–Crippen MR) is 77.7 cm³/mol. The Hall–Kier alpha value is -2.54. The summed E-state index contributed by atoms with van der Waals surface area (Å²) >= 11 is 0. The molecule has 7 nitrogen and oxygen atoms in total. The molecule has 1 heterocycles. The molecule has 7 heteroatoms. The van der Waals surface area contributed by atoms with Crippen molar-refractivity contribution in [1.82, 2.24) is 20.2 Å². The second-order valence-electron chi connectivity index (χ2n) is 5.13. The van der Waals surface area contributed by atoms with Crippen LogP contribution in [-0.4, -0.2) is 32.2 Å². The maximum Gasteiger partial charge on any atom is 0.231 e. The molecule has 0 saturated heterocycles. The van der Waals surface area contributed by atoms with Gasteiger partial charge in [0.05, 0.1) is 11.6 Å². The zero-order valence-electron chi connectivity index (χ0n) is 11.6. The summed E-state index contributed by atoms with van der Waals surface area (Å²) < 4.78 is 1.54. The normalized spacial score (nSPS) is 20.7. The smallest absolute Gasteiger partial charge is 0.231 e. The molecule has 2 aromatic rings. The maximum absolute atomic E-state index is 12.2. The van der Waals surface area contributed by atoms with Crippen LogP contribution in [0.2, 0.25) is 0 Å². The molecule has 2 unspecified atom stereocenters. The van der Waals surface area contributed by atoms with E-state index in [1.807, 2.05) is 37.3 Å². The van der Waals surface area contributed by atoms with E-state index < -0.39 is 0 Å². The Bertz CT molecular complexity index is 679. The van der Waals surface area contributed by atoms with Crippen LogP contribution in [0.4, 0.5) is 5.69 Å². The van der Waals surface area contributed by atoms with Crippen LogP contribution in [0.15, 0.2) is 36.7 Å². The number of rotatable bonds is 3. The van der Waals surface area contributed by atoms with Crippen LogP contribution >= 0.6 is 0 Å². The summed E-state index contributed by atoms with van der Waals surface area (Å²) in [6, 6.07) is 5.63. The van der Waals surface area contributed by atoms with Crippen molar-refractivity contribution < 1.29 is 4.79 Å². The molecule has 1 aromatic carbocycles. The quantitative estimate of drug-likeness (QED) is 0.813. The molecule has 3 rings (SSSR count). The van der Waals surface area contributed by atoms with Crippen molar-refractivity contribution in [2.75, 3.05) is 5.32 Å². The minimum atomic E-state index is -0.170. The van der Waals surface area contributed by atoms with Gasteiger partial charge in [0.2, 0.25) is 5.91 Å². The Labute approximate surface area is 121 Å². The first-order valence-electron chi connectivity index (χ1n) is 6.72. The molecule has 3 N–H and O–H groups in total. The third-order valence-corrected chi connectivity index (χ3v) is 3.55. The molecule has 0 radical (unpaired) electrons. The van der Waals surface area contributed by atoms with Crippen molar-refractivity contribution in [2.24, 2.45) is 11.7 Å². The van der Waals surface area contributed by atoms with E-state index >= 15 is 0 Å². The van der Waals surface area contributed by atoms with E-state index in [4.69, 9.17) is 5.73 Å². The number of hydrogen-bond donors (Lipinski definition) is 2. The maximum atomic E-state index is 12.2. The van der Waals surface area contributed by atoms with Crippen LogP contribution in [0.3, 0.4) is 0 Å². The molecule has 0 saturated carbocycles. The number of nitrogens with zero attached hydrogens (tertiary/aromatic N) is 4. The largest absolute Gasteiger partial charge is 0.325 e. The number of hydrogen-bond acceptors (Lipinski definition) is 5. The SMILES string of the molecule is Cc1ccc(-n2cnnn2)cc1NC(=O)C1C=CC(N)C1. The van der Waals surface area contributed by atoms with Gasteiger partial charge in [-0.15, -0.1) is 5.10 Å². The Morgan fingerprint density at radius 1 is 1.43 bits per heavy atom. The lowest BCUT2D eigenvalue weighted by atomic mass is 10.1. The number of amides is 1. The van der Waals surface area contributed by atoms with Crippen LogP contribution < -0.4 is 11.1 Å². The van der Waals surface area contributed by atoms with Gasteiger partial charge in [-0.3, -0.25) is 4.79 Å². The number of anilines is 1. The third kappa shape index (κ3) is 2.82. The van der Waals surface area contributed by atoms with Crippen molar-refractivity contribution in [2.45, 2.75) is 19.4 Å². The fourth-order valence-electron chi connectivity index (χ4n) is 2.31. The Kier molecular flexibility index (Phi) is 3.49. The summed E-state index contributed by atoms with van der Waals surface area (Å²) in [5.41, 5.74) is 8.30. The number of aryl methyl sites for hydroxylation is 1. The summed E-state index contributed by atoms with van der Waals surface area (Å²) in [4.78, 5) is 12.2. The van der Waals surface area contributed by atoms with Gasteiger partial charge in [0.1, 0.15) is 6.33 Å². The van der Waals surface area contributed by atoms with Gasteiger partial charge >= 0.3 is 0 Å². The minimum Gasteiger partial charge on any atom is -0.325 e. The van der Waals surface area contributed by atoms with Crippen molar-refractivity contribution in [1.29, 1.82) is 0 Å². The van der Waals surface area contributed by atoms with Crippen molar-refractivity contribution >= 4 is 11.6 Å². The minimum absolute atomic E-state index is 0.0330. The summed E-state index contributed by atoms with van der Waals surface area (Å²) in [6.45, 7) is 1.94. The van der Waals surface area contributed by atoms with Crippen LogP contribution in [0.5, 0.6) is 0 Å². The van der Waals surface area contributed by atoms with Crippen LogP contribution in [0.1, 0.15) is 12.0 Å². The Morgan fingerprint density at radius 2 is 2.29 bits per heavy atom. The standard InChI is InChI=1S/C14H16N6O/c1-9-2-5-12(20-8-16-18-19-20)7-13(9)17-14(21)10-3-4-11(15)6-10/h2-5,7-8,10-11H,6,15H2,1H3,(H,17,21). The number of benzene rings is 1. The summed E-state index contributed by atoms with van der Waals surface area (Å²) in [5.74, 6) is -0.216. The lowest BCUT2D eigenvalue weighted by Gasteiger charge is -2.13. The van der Waals surface area contributed by atoms with Gasteiger partial charge in [-0.2, -0.15) is 0 Å². The van der Waals surface area contributed by atoms with E-state index in [1.54, 1.807) is 4.68 Å². The van der Waals surface area contributed by atoms with Gasteiger partial charge in [0, 0.05) is 11.7 Å². The van der Waals surface area contributed by atoms with Crippen molar-refractivity contribution in [3.8, 4) is 5.69 Å². The average molecular weight is 284 g/mol. The zero-order chi connectivity index (χ0) is 14.8. The molecule has 0 aliphatic heterocycles. The number of nitrogens with two attached hydrogens (primary N) is 1. The monoisotopic (exact) mass is 284 g/mol. The Balaban J connectivity index is 1.80. The zero-order valence-corrected chi connectivity index (χ0v) is 11.6. The number of aromatic nitrogens is 4. The van der Waals surface area contributed by atoms with Crippen molar-refractivity contribution in [3.63, 3.8) is 0 Å². The molecule has 0 fully saturated rings. The molecule has 1 aliphatic rings. The van der Waals surface area contributed by atoms with Crippen LogP contribution in [0, 0.1) is 12.8 Å². The van der Waals surface area contributed by atoms with Gasteiger partial charge in [-0.25, -0.2) is 4.68 Å². The van der Waals surface area contributed by atoms with E-state index in [9.17, 15) is 4.79 Å². The second-order valence-corrected chi connectivity index (χ2v) is 5.13. The number of carbonyl (C=O) groups excluding carboxylic acids is 1. The molecule has 0 spiro atoms. The molecule has 108 valence electrons. The highest BCUT2D eigenvalue weighted by atomic mass is 16.1. The first-order valence-corrected chi connectivity index (χ1v) is 6.72. The molecule has 1 aromatic heterocycles. The van der Waals surface area contributed by atoms with Crippen LogP contribution in [0.25, 0.3) is 5.69 Å². The topological polar surface area (TPSA) is 98.7 Å². The summed E-state index contributed by atoms with van der Waals surface area (Å²) in [7, 11) is 0. The lowest BCUT2D eigenvalue weighted by Crippen LogP contribution is -2.24. The van der Waals surface area contributed by atoms with Gasteiger partial charge < -0.3 is 11.1 Å². The number of carbonyl (C=O) groups is 1. The van der Waals surface area contributed by atoms with Gasteiger partial charge in [-0.1, -0.05) is 18.2 Å². The van der Waals surface area contributed by atoms with E-state index in [2.05, 4.69) is 20.8 Å².